The monoisotopic (exact) mass is 407 g/mol. The molecule has 2 aromatic carbocycles. The van der Waals surface area contributed by atoms with Crippen molar-refractivity contribution in [3.63, 3.8) is 0 Å². The number of carbonyl (C=O) groups excluding carboxylic acids is 1. The summed E-state index contributed by atoms with van der Waals surface area (Å²) in [4.78, 5) is 29.0. The fourth-order valence-corrected chi connectivity index (χ4v) is 3.01. The van der Waals surface area contributed by atoms with Gasteiger partial charge >= 0.3 is 0 Å². The largest absolute Gasteiger partial charge is 0.481 e. The average molecular weight is 407 g/mol. The first-order valence-electron chi connectivity index (χ1n) is 9.56. The van der Waals surface area contributed by atoms with E-state index in [1.54, 1.807) is 25.1 Å². The van der Waals surface area contributed by atoms with Crippen LogP contribution in [0.25, 0.3) is 11.3 Å². The van der Waals surface area contributed by atoms with Gasteiger partial charge in [-0.25, -0.2) is 4.98 Å². The van der Waals surface area contributed by atoms with Gasteiger partial charge in [0.25, 0.3) is 11.5 Å². The number of aromatic nitrogens is 2. The highest BCUT2D eigenvalue weighted by Gasteiger charge is 2.18. The van der Waals surface area contributed by atoms with Gasteiger partial charge in [0.2, 0.25) is 6.79 Å². The summed E-state index contributed by atoms with van der Waals surface area (Å²) < 4.78 is 17.7. The van der Waals surface area contributed by atoms with Crippen LogP contribution in [-0.4, -0.2) is 34.9 Å². The maximum atomic E-state index is 12.3. The van der Waals surface area contributed by atoms with Crippen LogP contribution in [0, 0.1) is 0 Å². The highest BCUT2D eigenvalue weighted by molar-refractivity contribution is 5.80. The third kappa shape index (κ3) is 4.43. The fraction of sp³-hybridized carbons (Fsp3) is 0.227. The molecule has 0 fully saturated rings. The summed E-state index contributed by atoms with van der Waals surface area (Å²) in [6.07, 6.45) is 0.782. The molecule has 1 unspecified atom stereocenters. The van der Waals surface area contributed by atoms with Gasteiger partial charge in [0.15, 0.2) is 17.6 Å². The van der Waals surface area contributed by atoms with Crippen LogP contribution < -0.4 is 25.1 Å². The summed E-state index contributed by atoms with van der Waals surface area (Å²) in [6.45, 7) is 2.42. The molecule has 0 saturated carbocycles. The zero-order valence-corrected chi connectivity index (χ0v) is 16.4. The molecule has 2 heterocycles. The van der Waals surface area contributed by atoms with Crippen LogP contribution in [0.15, 0.2) is 65.7 Å². The predicted molar refractivity (Wildman–Crippen MR) is 110 cm³/mol. The molecule has 4 rings (SSSR count). The molecule has 1 aromatic heterocycles. The van der Waals surface area contributed by atoms with Crippen molar-refractivity contribution in [1.82, 2.24) is 14.9 Å². The second-order valence-corrected chi connectivity index (χ2v) is 6.74. The number of rotatable bonds is 7. The first kappa shape index (κ1) is 19.5. The van der Waals surface area contributed by atoms with E-state index in [1.807, 2.05) is 30.3 Å². The smallest absolute Gasteiger partial charge is 0.260 e. The Hall–Kier alpha value is -3.81. The molecule has 0 radical (unpaired) electrons. The zero-order chi connectivity index (χ0) is 20.9. The van der Waals surface area contributed by atoms with Crippen LogP contribution in [0.5, 0.6) is 17.2 Å². The van der Waals surface area contributed by atoms with Gasteiger partial charge in [0, 0.05) is 30.8 Å². The predicted octanol–water partition coefficient (Wildman–Crippen LogP) is 2.22. The number of fused-ring (bicyclic) bond motifs is 1. The van der Waals surface area contributed by atoms with Gasteiger partial charge in [-0.15, -0.1) is 0 Å². The molecule has 3 aromatic rings. The molecule has 8 heteroatoms. The van der Waals surface area contributed by atoms with Crippen LogP contribution in [0.4, 0.5) is 0 Å². The molecular weight excluding hydrogens is 386 g/mol. The maximum absolute atomic E-state index is 12.3. The third-order valence-corrected chi connectivity index (χ3v) is 4.63. The lowest BCUT2D eigenvalue weighted by atomic mass is 10.1. The summed E-state index contributed by atoms with van der Waals surface area (Å²) in [5, 5.41) is 2.77. The normalized spacial score (nSPS) is 13.0. The van der Waals surface area contributed by atoms with Crippen molar-refractivity contribution >= 4 is 5.91 Å². The van der Waals surface area contributed by atoms with Gasteiger partial charge in [0.05, 0.1) is 12.0 Å². The number of amides is 1. The summed E-state index contributed by atoms with van der Waals surface area (Å²) >= 11 is 0. The van der Waals surface area contributed by atoms with Crippen LogP contribution in [-0.2, 0) is 11.3 Å². The van der Waals surface area contributed by atoms with Gasteiger partial charge in [-0.3, -0.25) is 14.2 Å². The molecule has 154 valence electrons. The van der Waals surface area contributed by atoms with Crippen LogP contribution in [0.2, 0.25) is 0 Å². The van der Waals surface area contributed by atoms with Crippen molar-refractivity contribution in [2.75, 3.05) is 13.3 Å². The lowest BCUT2D eigenvalue weighted by Crippen LogP contribution is -2.38. The van der Waals surface area contributed by atoms with Crippen LogP contribution in [0.1, 0.15) is 6.92 Å². The summed E-state index contributed by atoms with van der Waals surface area (Å²) in [6, 6.07) is 16.1. The molecule has 1 amide bonds. The Morgan fingerprint density at radius 1 is 1.17 bits per heavy atom. The second kappa shape index (κ2) is 8.69. The molecule has 1 aliphatic heterocycles. The SMILES string of the molecule is CC(Oc1ccc2c(c1)OCO2)C(=O)NCCn1cnc(-c2ccccc2)cc1=O. The maximum Gasteiger partial charge on any atom is 0.260 e. The molecule has 1 aliphatic rings. The van der Waals surface area contributed by atoms with Gasteiger partial charge in [-0.1, -0.05) is 30.3 Å². The molecule has 0 spiro atoms. The Morgan fingerprint density at radius 2 is 1.97 bits per heavy atom. The number of nitrogens with zero attached hydrogens (tertiary/aromatic N) is 2. The fourth-order valence-electron chi connectivity index (χ4n) is 3.01. The Morgan fingerprint density at radius 3 is 2.77 bits per heavy atom. The standard InChI is InChI=1S/C22H21N3O5/c1-15(30-17-7-8-19-20(11-17)29-14-28-19)22(27)23-9-10-25-13-24-18(12-21(25)26)16-5-3-2-4-6-16/h2-8,11-13,15H,9-10,14H2,1H3,(H,23,27). The molecule has 8 nitrogen and oxygen atoms in total. The van der Waals surface area contributed by atoms with E-state index in [2.05, 4.69) is 10.3 Å². The van der Waals surface area contributed by atoms with Gasteiger partial charge in [-0.05, 0) is 19.1 Å². The number of nitrogens with one attached hydrogen (secondary N) is 1. The summed E-state index contributed by atoms with van der Waals surface area (Å²) in [7, 11) is 0. The Balaban J connectivity index is 1.29. The van der Waals surface area contributed by atoms with E-state index in [-0.39, 0.29) is 24.8 Å². The number of ether oxygens (including phenoxy) is 3. The minimum Gasteiger partial charge on any atom is -0.481 e. The van der Waals surface area contributed by atoms with Crippen molar-refractivity contribution in [3.8, 4) is 28.5 Å². The van der Waals surface area contributed by atoms with Crippen molar-refractivity contribution in [1.29, 1.82) is 0 Å². The highest BCUT2D eigenvalue weighted by atomic mass is 16.7. The Labute approximate surface area is 173 Å². The van der Waals surface area contributed by atoms with Crippen molar-refractivity contribution in [2.45, 2.75) is 19.6 Å². The molecule has 0 aliphatic carbocycles. The minimum atomic E-state index is -0.708. The lowest BCUT2D eigenvalue weighted by molar-refractivity contribution is -0.127. The average Bonchev–Trinajstić information content (AvgIpc) is 3.23. The minimum absolute atomic E-state index is 0.176. The van der Waals surface area contributed by atoms with E-state index >= 15 is 0 Å². The molecular formula is C22H21N3O5. The zero-order valence-electron chi connectivity index (χ0n) is 16.4. The molecule has 0 saturated heterocycles. The first-order chi connectivity index (χ1) is 14.6. The Kier molecular flexibility index (Phi) is 5.65. The number of carbonyl (C=O) groups is 1. The van der Waals surface area contributed by atoms with Crippen LogP contribution in [0.3, 0.4) is 0 Å². The van der Waals surface area contributed by atoms with E-state index in [9.17, 15) is 9.59 Å². The van der Waals surface area contributed by atoms with Gasteiger partial charge in [0.1, 0.15) is 5.75 Å². The first-order valence-corrected chi connectivity index (χ1v) is 9.56. The van der Waals surface area contributed by atoms with Gasteiger partial charge < -0.3 is 19.5 Å². The van der Waals surface area contributed by atoms with Crippen molar-refractivity contribution in [2.24, 2.45) is 0 Å². The summed E-state index contributed by atoms with van der Waals surface area (Å²) in [5.74, 6) is 1.47. The molecule has 30 heavy (non-hydrogen) atoms. The van der Waals surface area contributed by atoms with Crippen LogP contribution >= 0.6 is 0 Å². The molecule has 1 N–H and O–H groups in total. The Bertz CT molecular complexity index is 1100. The van der Waals surface area contributed by atoms with E-state index in [0.29, 0.717) is 29.5 Å². The van der Waals surface area contributed by atoms with Crippen molar-refractivity contribution in [3.05, 3.63) is 71.3 Å². The topological polar surface area (TPSA) is 91.7 Å². The third-order valence-electron chi connectivity index (χ3n) is 4.63. The van der Waals surface area contributed by atoms with Crippen molar-refractivity contribution < 1.29 is 19.0 Å². The van der Waals surface area contributed by atoms with E-state index in [1.165, 1.54) is 17.0 Å². The quantitative estimate of drug-likeness (QED) is 0.646. The summed E-state index contributed by atoms with van der Waals surface area (Å²) in [5.41, 5.74) is 1.32. The van der Waals surface area contributed by atoms with E-state index < -0.39 is 6.10 Å². The number of hydrogen-bond donors (Lipinski definition) is 1. The number of hydrogen-bond acceptors (Lipinski definition) is 6. The second-order valence-electron chi connectivity index (χ2n) is 6.74. The van der Waals surface area contributed by atoms with Gasteiger partial charge in [-0.2, -0.15) is 0 Å². The van der Waals surface area contributed by atoms with E-state index in [4.69, 9.17) is 14.2 Å². The molecule has 0 bridgehead atoms. The highest BCUT2D eigenvalue weighted by Crippen LogP contribution is 2.35. The number of benzene rings is 2. The lowest BCUT2D eigenvalue weighted by Gasteiger charge is -2.15. The van der Waals surface area contributed by atoms with E-state index in [0.717, 1.165) is 5.56 Å². The molecule has 1 atom stereocenters.